The van der Waals surface area contributed by atoms with E-state index in [1.165, 1.54) is 36.5 Å². The van der Waals surface area contributed by atoms with E-state index in [-0.39, 0.29) is 23.5 Å². The number of halogens is 2. The topological polar surface area (TPSA) is 63.2 Å². The number of aromatic nitrogens is 3. The van der Waals surface area contributed by atoms with Gasteiger partial charge in [-0.25, -0.2) is 4.39 Å². The van der Waals surface area contributed by atoms with Crippen molar-refractivity contribution in [1.29, 1.82) is 0 Å². The van der Waals surface area contributed by atoms with Crippen LogP contribution in [-0.4, -0.2) is 21.5 Å². The summed E-state index contributed by atoms with van der Waals surface area (Å²) in [7, 11) is 0. The number of nitrogens with one attached hydrogen (secondary N) is 1. The van der Waals surface area contributed by atoms with Crippen LogP contribution in [0.1, 0.15) is 54.7 Å². The lowest BCUT2D eigenvalue weighted by molar-refractivity contribution is 0.403. The largest absolute Gasteiger partial charge is 0.424 e. The monoisotopic (exact) mass is 529 g/mol. The van der Waals surface area contributed by atoms with Crippen LogP contribution in [0.25, 0.3) is 0 Å². The van der Waals surface area contributed by atoms with Crippen molar-refractivity contribution in [2.75, 3.05) is 16.8 Å². The number of benzene rings is 3. The van der Waals surface area contributed by atoms with Crippen LogP contribution in [0, 0.1) is 5.82 Å². The fourth-order valence-corrected chi connectivity index (χ4v) is 5.56. The van der Waals surface area contributed by atoms with Crippen LogP contribution >= 0.6 is 11.6 Å². The Labute approximate surface area is 226 Å². The Morgan fingerprint density at radius 2 is 1.68 bits per heavy atom. The van der Waals surface area contributed by atoms with E-state index >= 15 is 0 Å². The minimum absolute atomic E-state index is 0.159. The molecular weight excluding hydrogens is 501 g/mol. The van der Waals surface area contributed by atoms with Gasteiger partial charge in [-0.1, -0.05) is 67.3 Å². The van der Waals surface area contributed by atoms with Crippen LogP contribution in [0.2, 0.25) is 5.02 Å². The van der Waals surface area contributed by atoms with Gasteiger partial charge in [-0.15, -0.1) is 0 Å². The van der Waals surface area contributed by atoms with Gasteiger partial charge >= 0.3 is 6.01 Å². The van der Waals surface area contributed by atoms with Crippen molar-refractivity contribution in [3.8, 4) is 11.8 Å². The standard InChI is InChI=1S/C30H29ClFN5O/c31-23-14-15-27(24(18-23)21-9-2-1-3-10-21)38-30-35-28(33-26-13-7-6-12-25(26)32)34-29(36-30)37-17-16-20-8-4-5-11-22(20)19-37/h4-8,11-15,18,21H,1-3,9-10,16-17,19H2,(H,33,34,35,36). The van der Waals surface area contributed by atoms with Gasteiger partial charge in [0, 0.05) is 18.1 Å². The molecule has 2 heterocycles. The Morgan fingerprint density at radius 3 is 2.53 bits per heavy atom. The van der Waals surface area contributed by atoms with Gasteiger partial charge in [0.25, 0.3) is 0 Å². The first-order chi connectivity index (χ1) is 18.6. The molecule has 3 aromatic carbocycles. The lowest BCUT2D eigenvalue weighted by atomic mass is 9.84. The average molecular weight is 530 g/mol. The van der Waals surface area contributed by atoms with E-state index in [2.05, 4.69) is 38.4 Å². The summed E-state index contributed by atoms with van der Waals surface area (Å²) >= 11 is 6.39. The number of ether oxygens (including phenoxy) is 1. The van der Waals surface area contributed by atoms with Crippen LogP contribution in [0.4, 0.5) is 22.0 Å². The summed E-state index contributed by atoms with van der Waals surface area (Å²) in [5.41, 5.74) is 3.93. The summed E-state index contributed by atoms with van der Waals surface area (Å²) < 4.78 is 20.8. The molecule has 4 aromatic rings. The van der Waals surface area contributed by atoms with Crippen molar-refractivity contribution in [3.05, 3.63) is 94.3 Å². The van der Waals surface area contributed by atoms with Gasteiger partial charge in [0.05, 0.1) is 5.69 Å². The summed E-state index contributed by atoms with van der Waals surface area (Å²) in [6.07, 6.45) is 6.74. The van der Waals surface area contributed by atoms with E-state index in [0.29, 0.717) is 29.2 Å². The highest BCUT2D eigenvalue weighted by Gasteiger charge is 2.23. The Balaban J connectivity index is 1.36. The van der Waals surface area contributed by atoms with Gasteiger partial charge in [-0.3, -0.25) is 0 Å². The third-order valence-electron chi connectivity index (χ3n) is 7.35. The lowest BCUT2D eigenvalue weighted by Crippen LogP contribution is -2.32. The minimum Gasteiger partial charge on any atom is -0.424 e. The molecule has 0 spiro atoms. The molecule has 1 aliphatic carbocycles. The number of hydrogen-bond donors (Lipinski definition) is 1. The third kappa shape index (κ3) is 5.43. The fraction of sp³-hybridized carbons (Fsp3) is 0.300. The third-order valence-corrected chi connectivity index (χ3v) is 7.59. The van der Waals surface area contributed by atoms with Crippen LogP contribution in [0.3, 0.4) is 0 Å². The lowest BCUT2D eigenvalue weighted by Gasteiger charge is -2.29. The first-order valence-electron chi connectivity index (χ1n) is 13.2. The number of rotatable bonds is 6. The van der Waals surface area contributed by atoms with Crippen LogP contribution in [0.5, 0.6) is 11.8 Å². The van der Waals surface area contributed by atoms with Crippen LogP contribution in [-0.2, 0) is 13.0 Å². The van der Waals surface area contributed by atoms with E-state index in [9.17, 15) is 4.39 Å². The molecule has 38 heavy (non-hydrogen) atoms. The molecule has 0 bridgehead atoms. The Kier molecular flexibility index (Phi) is 7.10. The van der Waals surface area contributed by atoms with E-state index in [0.717, 1.165) is 31.4 Å². The molecular formula is C30H29ClFN5O. The molecule has 1 saturated carbocycles. The molecule has 194 valence electrons. The van der Waals surface area contributed by atoms with Gasteiger partial charge in [-0.05, 0) is 72.2 Å². The molecule has 0 saturated heterocycles. The second kappa shape index (κ2) is 11.0. The Hall–Kier alpha value is -3.71. The van der Waals surface area contributed by atoms with E-state index in [1.807, 2.05) is 24.3 Å². The van der Waals surface area contributed by atoms with Crippen molar-refractivity contribution in [2.45, 2.75) is 51.0 Å². The summed E-state index contributed by atoms with van der Waals surface area (Å²) in [5, 5.41) is 3.70. The summed E-state index contributed by atoms with van der Waals surface area (Å²) in [4.78, 5) is 16.0. The Bertz CT molecular complexity index is 1440. The molecule has 1 N–H and O–H groups in total. The second-order valence-electron chi connectivity index (χ2n) is 9.91. The zero-order valence-electron chi connectivity index (χ0n) is 21.0. The first kappa shape index (κ1) is 24.6. The molecule has 1 fully saturated rings. The molecule has 6 rings (SSSR count). The predicted octanol–water partition coefficient (Wildman–Crippen LogP) is 7.81. The Morgan fingerprint density at radius 1 is 0.895 bits per heavy atom. The van der Waals surface area contributed by atoms with E-state index in [4.69, 9.17) is 21.3 Å². The highest BCUT2D eigenvalue weighted by molar-refractivity contribution is 6.30. The molecule has 0 atom stereocenters. The number of nitrogens with zero attached hydrogens (tertiary/aromatic N) is 4. The van der Waals surface area contributed by atoms with Crippen molar-refractivity contribution in [2.24, 2.45) is 0 Å². The van der Waals surface area contributed by atoms with Gasteiger partial charge in [0.15, 0.2) is 0 Å². The molecule has 0 radical (unpaired) electrons. The normalized spacial score (nSPS) is 15.7. The van der Waals surface area contributed by atoms with Gasteiger partial charge in [-0.2, -0.15) is 15.0 Å². The minimum atomic E-state index is -0.388. The molecule has 0 unspecified atom stereocenters. The second-order valence-corrected chi connectivity index (χ2v) is 10.3. The molecule has 8 heteroatoms. The van der Waals surface area contributed by atoms with Crippen molar-refractivity contribution in [1.82, 2.24) is 15.0 Å². The van der Waals surface area contributed by atoms with Gasteiger partial charge in [0.2, 0.25) is 11.9 Å². The van der Waals surface area contributed by atoms with Gasteiger partial charge in [0.1, 0.15) is 11.6 Å². The van der Waals surface area contributed by atoms with Crippen molar-refractivity contribution >= 4 is 29.2 Å². The van der Waals surface area contributed by atoms with Crippen molar-refractivity contribution < 1.29 is 9.13 Å². The summed E-state index contributed by atoms with van der Waals surface area (Å²) in [6.45, 7) is 1.43. The number of fused-ring (bicyclic) bond motifs is 1. The molecule has 6 nitrogen and oxygen atoms in total. The quantitative estimate of drug-likeness (QED) is 0.275. The highest BCUT2D eigenvalue weighted by atomic mass is 35.5. The number of anilines is 3. The predicted molar refractivity (Wildman–Crippen MR) is 148 cm³/mol. The number of para-hydroxylation sites is 1. The van der Waals surface area contributed by atoms with Crippen LogP contribution in [0.15, 0.2) is 66.7 Å². The smallest absolute Gasteiger partial charge is 0.328 e. The maximum absolute atomic E-state index is 14.5. The zero-order valence-corrected chi connectivity index (χ0v) is 21.8. The first-order valence-corrected chi connectivity index (χ1v) is 13.6. The molecule has 2 aliphatic rings. The van der Waals surface area contributed by atoms with Crippen molar-refractivity contribution in [3.63, 3.8) is 0 Å². The highest BCUT2D eigenvalue weighted by Crippen LogP contribution is 2.40. The maximum Gasteiger partial charge on any atom is 0.328 e. The fourth-order valence-electron chi connectivity index (χ4n) is 5.38. The summed E-state index contributed by atoms with van der Waals surface area (Å²) in [6, 6.07) is 20.7. The maximum atomic E-state index is 14.5. The number of hydrogen-bond acceptors (Lipinski definition) is 6. The van der Waals surface area contributed by atoms with Crippen LogP contribution < -0.4 is 15.0 Å². The molecule has 0 amide bonds. The molecule has 1 aromatic heterocycles. The van der Waals surface area contributed by atoms with E-state index < -0.39 is 0 Å². The zero-order chi connectivity index (χ0) is 25.9. The summed E-state index contributed by atoms with van der Waals surface area (Å²) in [5.74, 6) is 1.40. The average Bonchev–Trinajstić information content (AvgIpc) is 2.95. The molecule has 1 aliphatic heterocycles. The van der Waals surface area contributed by atoms with Gasteiger partial charge < -0.3 is 15.0 Å². The van der Waals surface area contributed by atoms with E-state index in [1.54, 1.807) is 18.2 Å². The SMILES string of the molecule is Fc1ccccc1Nc1nc(Oc2ccc(Cl)cc2C2CCCCC2)nc(N2CCc3ccccc3C2)n1.